The van der Waals surface area contributed by atoms with Crippen molar-refractivity contribution in [2.45, 2.75) is 6.04 Å². The van der Waals surface area contributed by atoms with Crippen molar-refractivity contribution in [3.8, 4) is 0 Å². The highest BCUT2D eigenvalue weighted by molar-refractivity contribution is 7.10. The van der Waals surface area contributed by atoms with Crippen LogP contribution in [0.5, 0.6) is 0 Å². The lowest BCUT2D eigenvalue weighted by Gasteiger charge is -2.14. The summed E-state index contributed by atoms with van der Waals surface area (Å²) >= 11 is 6.90. The molecule has 2 aromatic rings. The lowest BCUT2D eigenvalue weighted by Crippen LogP contribution is -2.36. The Morgan fingerprint density at radius 1 is 1.33 bits per heavy atom. The zero-order valence-corrected chi connectivity index (χ0v) is 12.0. The lowest BCUT2D eigenvalue weighted by atomic mass is 10.2. The van der Waals surface area contributed by atoms with Gasteiger partial charge in [-0.15, -0.1) is 11.3 Å². The van der Waals surface area contributed by atoms with Gasteiger partial charge < -0.3 is 15.7 Å². The first-order valence-electron chi connectivity index (χ1n) is 5.76. The first-order chi connectivity index (χ1) is 9.97. The molecule has 5 nitrogen and oxygen atoms in total. The summed E-state index contributed by atoms with van der Waals surface area (Å²) in [5.41, 5.74) is -0.129. The van der Waals surface area contributed by atoms with Crippen LogP contribution in [0.2, 0.25) is 5.02 Å². The van der Waals surface area contributed by atoms with Gasteiger partial charge in [-0.3, -0.25) is 0 Å². The van der Waals surface area contributed by atoms with Crippen molar-refractivity contribution in [3.63, 3.8) is 0 Å². The summed E-state index contributed by atoms with van der Waals surface area (Å²) in [7, 11) is 0. The fraction of sp³-hybridized carbons (Fsp3) is 0.0769. The van der Waals surface area contributed by atoms with Gasteiger partial charge in [-0.25, -0.2) is 14.0 Å². The van der Waals surface area contributed by atoms with Gasteiger partial charge in [0.2, 0.25) is 0 Å². The minimum Gasteiger partial charge on any atom is -0.479 e. The van der Waals surface area contributed by atoms with Crippen LogP contribution in [0.25, 0.3) is 0 Å². The monoisotopic (exact) mass is 328 g/mol. The molecular formula is C13H10ClFN2O3S. The van der Waals surface area contributed by atoms with Gasteiger partial charge in [0.05, 0.1) is 5.69 Å². The minimum atomic E-state index is -1.21. The van der Waals surface area contributed by atoms with Gasteiger partial charge in [-0.2, -0.15) is 0 Å². The van der Waals surface area contributed by atoms with E-state index in [-0.39, 0.29) is 10.7 Å². The van der Waals surface area contributed by atoms with Crippen molar-refractivity contribution >= 4 is 40.6 Å². The van der Waals surface area contributed by atoms with Crippen LogP contribution >= 0.6 is 22.9 Å². The molecule has 1 aromatic heterocycles. The second kappa shape index (κ2) is 6.55. The Morgan fingerprint density at radius 2 is 2.10 bits per heavy atom. The smallest absolute Gasteiger partial charge is 0.331 e. The highest BCUT2D eigenvalue weighted by Crippen LogP contribution is 2.21. The number of nitrogens with one attached hydrogen (secondary N) is 2. The van der Waals surface area contributed by atoms with E-state index in [2.05, 4.69) is 10.6 Å². The molecule has 0 saturated heterocycles. The third-order valence-electron chi connectivity index (χ3n) is 2.53. The van der Waals surface area contributed by atoms with Crippen molar-refractivity contribution in [2.75, 3.05) is 5.32 Å². The Morgan fingerprint density at radius 3 is 2.71 bits per heavy atom. The molecule has 110 valence electrons. The van der Waals surface area contributed by atoms with Crippen LogP contribution in [0.15, 0.2) is 35.7 Å². The van der Waals surface area contributed by atoms with Crippen molar-refractivity contribution in [1.29, 1.82) is 0 Å². The fourth-order valence-corrected chi connectivity index (χ4v) is 2.53. The Bertz CT molecular complexity index is 663. The van der Waals surface area contributed by atoms with Crippen LogP contribution < -0.4 is 10.6 Å². The maximum atomic E-state index is 13.5. The Hall–Kier alpha value is -2.12. The predicted molar refractivity (Wildman–Crippen MR) is 78.3 cm³/mol. The first kappa shape index (κ1) is 15.3. The van der Waals surface area contributed by atoms with E-state index in [0.29, 0.717) is 4.88 Å². The molecule has 0 radical (unpaired) electrons. The SMILES string of the molecule is O=C(Nc1cc(Cl)ccc1F)NC(C(=O)O)c1cccs1. The van der Waals surface area contributed by atoms with E-state index in [4.69, 9.17) is 16.7 Å². The Kier molecular flexibility index (Phi) is 4.77. The number of benzene rings is 1. The van der Waals surface area contributed by atoms with E-state index in [0.717, 1.165) is 6.07 Å². The van der Waals surface area contributed by atoms with Gasteiger partial charge in [-0.05, 0) is 29.6 Å². The molecule has 8 heteroatoms. The van der Waals surface area contributed by atoms with E-state index >= 15 is 0 Å². The van der Waals surface area contributed by atoms with Gasteiger partial charge >= 0.3 is 12.0 Å². The number of amides is 2. The van der Waals surface area contributed by atoms with Gasteiger partial charge in [0.25, 0.3) is 0 Å². The molecule has 0 aliphatic rings. The van der Waals surface area contributed by atoms with Crippen molar-refractivity contribution in [3.05, 3.63) is 51.4 Å². The zero-order valence-electron chi connectivity index (χ0n) is 10.5. The first-order valence-corrected chi connectivity index (χ1v) is 7.02. The summed E-state index contributed by atoms with van der Waals surface area (Å²) in [6.07, 6.45) is 0. The predicted octanol–water partition coefficient (Wildman–Crippen LogP) is 3.49. The molecule has 0 fully saturated rings. The minimum absolute atomic E-state index is 0.129. The second-order valence-electron chi connectivity index (χ2n) is 4.01. The number of carboxylic acid groups (broad SMARTS) is 1. The average Bonchev–Trinajstić information content (AvgIpc) is 2.93. The summed E-state index contributed by atoms with van der Waals surface area (Å²) in [4.78, 5) is 23.4. The molecule has 3 N–H and O–H groups in total. The fourth-order valence-electron chi connectivity index (χ4n) is 1.59. The molecule has 1 aromatic carbocycles. The van der Waals surface area contributed by atoms with Crippen LogP contribution in [0.1, 0.15) is 10.9 Å². The number of carbonyl (C=O) groups excluding carboxylic acids is 1. The van der Waals surface area contributed by atoms with Crippen LogP contribution in [0, 0.1) is 5.82 Å². The molecule has 0 bridgehead atoms. The summed E-state index contributed by atoms with van der Waals surface area (Å²) in [5.74, 6) is -1.88. The van der Waals surface area contributed by atoms with Gasteiger partial charge in [0.1, 0.15) is 5.82 Å². The van der Waals surface area contributed by atoms with Crippen LogP contribution in [-0.4, -0.2) is 17.1 Å². The van der Waals surface area contributed by atoms with Crippen LogP contribution in [0.4, 0.5) is 14.9 Å². The number of aliphatic carboxylic acids is 1. The summed E-state index contributed by atoms with van der Waals surface area (Å²) in [5, 5.41) is 15.6. The molecule has 1 unspecified atom stereocenters. The van der Waals surface area contributed by atoms with Crippen LogP contribution in [-0.2, 0) is 4.79 Å². The number of halogens is 2. The molecule has 0 saturated carbocycles. The molecule has 2 amide bonds. The maximum absolute atomic E-state index is 13.5. The third kappa shape index (κ3) is 3.93. The normalized spacial score (nSPS) is 11.7. The molecule has 21 heavy (non-hydrogen) atoms. The molecule has 1 atom stereocenters. The molecule has 1 heterocycles. The number of urea groups is 1. The van der Waals surface area contributed by atoms with Gasteiger partial charge in [0, 0.05) is 9.90 Å². The highest BCUT2D eigenvalue weighted by atomic mass is 35.5. The molecule has 2 rings (SSSR count). The summed E-state index contributed by atoms with van der Waals surface area (Å²) in [6.45, 7) is 0. The number of hydrogen-bond acceptors (Lipinski definition) is 3. The number of carbonyl (C=O) groups is 2. The zero-order chi connectivity index (χ0) is 15.4. The number of anilines is 1. The highest BCUT2D eigenvalue weighted by Gasteiger charge is 2.23. The number of carboxylic acids is 1. The van der Waals surface area contributed by atoms with E-state index in [1.807, 2.05) is 0 Å². The lowest BCUT2D eigenvalue weighted by molar-refractivity contribution is -0.139. The van der Waals surface area contributed by atoms with E-state index in [9.17, 15) is 14.0 Å². The van der Waals surface area contributed by atoms with E-state index in [1.165, 1.54) is 23.5 Å². The van der Waals surface area contributed by atoms with Crippen molar-refractivity contribution < 1.29 is 19.1 Å². The van der Waals surface area contributed by atoms with Crippen molar-refractivity contribution in [2.24, 2.45) is 0 Å². The van der Waals surface area contributed by atoms with Gasteiger partial charge in [0.15, 0.2) is 6.04 Å². The standard InChI is InChI=1S/C13H10ClFN2O3S/c14-7-3-4-8(15)9(6-7)16-13(20)17-11(12(18)19)10-2-1-5-21-10/h1-6,11H,(H,18,19)(H2,16,17,20). The number of rotatable bonds is 4. The Labute approximate surface area is 128 Å². The molecule has 0 spiro atoms. The molecular weight excluding hydrogens is 319 g/mol. The number of thiophene rings is 1. The largest absolute Gasteiger partial charge is 0.479 e. The average molecular weight is 329 g/mol. The van der Waals surface area contributed by atoms with Crippen molar-refractivity contribution in [1.82, 2.24) is 5.32 Å². The quantitative estimate of drug-likeness (QED) is 0.804. The number of hydrogen-bond donors (Lipinski definition) is 3. The van der Waals surface area contributed by atoms with E-state index < -0.39 is 23.9 Å². The Balaban J connectivity index is 2.10. The molecule has 0 aliphatic heterocycles. The third-order valence-corrected chi connectivity index (χ3v) is 3.70. The van der Waals surface area contributed by atoms with E-state index in [1.54, 1.807) is 17.5 Å². The summed E-state index contributed by atoms with van der Waals surface area (Å²) < 4.78 is 13.5. The maximum Gasteiger partial charge on any atom is 0.331 e. The summed E-state index contributed by atoms with van der Waals surface area (Å²) in [6, 6.07) is 4.90. The topological polar surface area (TPSA) is 78.4 Å². The second-order valence-corrected chi connectivity index (χ2v) is 5.43. The molecule has 0 aliphatic carbocycles. The van der Waals surface area contributed by atoms with Crippen LogP contribution in [0.3, 0.4) is 0 Å². The van der Waals surface area contributed by atoms with Gasteiger partial charge in [-0.1, -0.05) is 17.7 Å².